The highest BCUT2D eigenvalue weighted by Crippen LogP contribution is 2.56. The summed E-state index contributed by atoms with van der Waals surface area (Å²) in [6.07, 6.45) is 2.87. The summed E-state index contributed by atoms with van der Waals surface area (Å²) in [5, 5.41) is 8.62. The summed E-state index contributed by atoms with van der Waals surface area (Å²) >= 11 is 0. The molecule has 0 spiro atoms. The van der Waals surface area contributed by atoms with Gasteiger partial charge >= 0.3 is 5.97 Å². The molecule has 45 heavy (non-hydrogen) atoms. The molecule has 6 aromatic carbocycles. The highest BCUT2D eigenvalue weighted by atomic mass is 31.2. The molecule has 6 rings (SSSR count). The van der Waals surface area contributed by atoms with Gasteiger partial charge in [0, 0.05) is 28.4 Å². The molecular formula is C40H35NO3P+. The molecule has 0 radical (unpaired) electrons. The number of anilines is 1. The van der Waals surface area contributed by atoms with E-state index in [0.29, 0.717) is 23.4 Å². The minimum atomic E-state index is -1.94. The predicted octanol–water partition coefficient (Wildman–Crippen LogP) is 8.16. The molecule has 0 aliphatic carbocycles. The maximum absolute atomic E-state index is 13.2. The number of amides is 1. The van der Waals surface area contributed by atoms with Crippen molar-refractivity contribution >= 4 is 51.5 Å². The number of nitrogens with one attached hydrogen (secondary N) is 1. The monoisotopic (exact) mass is 608 g/mol. The Morgan fingerprint density at radius 3 is 1.58 bits per heavy atom. The van der Waals surface area contributed by atoms with Crippen LogP contribution in [0.25, 0.3) is 10.8 Å². The summed E-state index contributed by atoms with van der Waals surface area (Å²) < 4.78 is 5.92. The largest absolute Gasteiger partial charge is 0.426 e. The number of rotatable bonds is 11. The lowest BCUT2D eigenvalue weighted by atomic mass is 10.1. The number of benzene rings is 6. The maximum atomic E-state index is 13.2. The van der Waals surface area contributed by atoms with Crippen molar-refractivity contribution in [3.63, 3.8) is 0 Å². The maximum Gasteiger partial charge on any atom is 0.311 e. The van der Waals surface area contributed by atoms with E-state index in [1.807, 2.05) is 42.5 Å². The van der Waals surface area contributed by atoms with Gasteiger partial charge in [-0.05, 0) is 73.5 Å². The van der Waals surface area contributed by atoms with Gasteiger partial charge in [0.25, 0.3) is 5.91 Å². The van der Waals surface area contributed by atoms with Crippen LogP contribution in [0.4, 0.5) is 5.69 Å². The zero-order valence-electron chi connectivity index (χ0n) is 25.0. The van der Waals surface area contributed by atoms with E-state index >= 15 is 0 Å². The minimum Gasteiger partial charge on any atom is -0.426 e. The quantitative estimate of drug-likeness (QED) is 0.0699. The van der Waals surface area contributed by atoms with Crippen LogP contribution in [0.2, 0.25) is 0 Å². The zero-order valence-corrected chi connectivity index (χ0v) is 25.9. The van der Waals surface area contributed by atoms with Gasteiger partial charge in [-0.25, -0.2) is 0 Å². The summed E-state index contributed by atoms with van der Waals surface area (Å²) in [6, 6.07) is 52.7. The Morgan fingerprint density at radius 2 is 1.02 bits per heavy atom. The van der Waals surface area contributed by atoms with Crippen LogP contribution in [0.15, 0.2) is 158 Å². The first-order chi connectivity index (χ1) is 22.1. The number of carbonyl (C=O) groups excluding carboxylic acids is 2. The van der Waals surface area contributed by atoms with Gasteiger partial charge in [-0.15, -0.1) is 0 Å². The number of esters is 1. The van der Waals surface area contributed by atoms with Gasteiger partial charge in [-0.3, -0.25) is 9.59 Å². The summed E-state index contributed by atoms with van der Waals surface area (Å²) in [4.78, 5) is 26.0. The second-order valence-electron chi connectivity index (χ2n) is 10.9. The van der Waals surface area contributed by atoms with E-state index < -0.39 is 7.26 Å². The second kappa shape index (κ2) is 14.2. The Balaban J connectivity index is 1.17. The Kier molecular flexibility index (Phi) is 9.44. The zero-order chi connectivity index (χ0) is 30.9. The topological polar surface area (TPSA) is 55.4 Å². The molecule has 222 valence electrons. The third kappa shape index (κ3) is 6.72. The Morgan fingerprint density at radius 1 is 0.533 bits per heavy atom. The molecule has 0 aliphatic heterocycles. The van der Waals surface area contributed by atoms with Crippen LogP contribution in [-0.2, 0) is 4.79 Å². The smallest absolute Gasteiger partial charge is 0.311 e. The first-order valence-electron chi connectivity index (χ1n) is 15.3. The Hall–Kier alpha value is -5.05. The molecule has 0 fully saturated rings. The average Bonchev–Trinajstić information content (AvgIpc) is 3.11. The normalized spacial score (nSPS) is 11.2. The first-order valence-corrected chi connectivity index (χ1v) is 17.3. The van der Waals surface area contributed by atoms with Crippen molar-refractivity contribution in [3.05, 3.63) is 163 Å². The molecule has 0 atom stereocenters. The molecule has 0 aliphatic rings. The van der Waals surface area contributed by atoms with Gasteiger partial charge in [-0.1, -0.05) is 97.1 Å². The van der Waals surface area contributed by atoms with Crippen LogP contribution in [0.3, 0.4) is 0 Å². The van der Waals surface area contributed by atoms with E-state index in [2.05, 4.69) is 96.3 Å². The third-order valence-corrected chi connectivity index (χ3v) is 12.6. The molecule has 0 heterocycles. The molecular weight excluding hydrogens is 573 g/mol. The molecule has 1 amide bonds. The number of carbonyl (C=O) groups is 2. The van der Waals surface area contributed by atoms with Gasteiger partial charge in [0.2, 0.25) is 0 Å². The lowest BCUT2D eigenvalue weighted by Gasteiger charge is -2.27. The van der Waals surface area contributed by atoms with Crippen LogP contribution in [0, 0.1) is 0 Å². The van der Waals surface area contributed by atoms with Crippen LogP contribution in [0.1, 0.15) is 29.6 Å². The highest BCUT2D eigenvalue weighted by molar-refractivity contribution is 7.95. The molecule has 1 N–H and O–H groups in total. The van der Waals surface area contributed by atoms with Crippen LogP contribution in [0.5, 0.6) is 5.75 Å². The van der Waals surface area contributed by atoms with E-state index in [1.165, 1.54) is 15.9 Å². The van der Waals surface area contributed by atoms with Crippen molar-refractivity contribution in [2.24, 2.45) is 0 Å². The highest BCUT2D eigenvalue weighted by Gasteiger charge is 2.44. The van der Waals surface area contributed by atoms with Crippen molar-refractivity contribution in [1.29, 1.82) is 0 Å². The molecule has 0 unspecified atom stereocenters. The Bertz CT molecular complexity index is 1780. The van der Waals surface area contributed by atoms with E-state index in [1.54, 1.807) is 24.3 Å². The third-order valence-electron chi connectivity index (χ3n) is 8.11. The number of hydrogen-bond acceptors (Lipinski definition) is 3. The van der Waals surface area contributed by atoms with E-state index in [0.717, 1.165) is 29.8 Å². The van der Waals surface area contributed by atoms with E-state index in [9.17, 15) is 9.59 Å². The van der Waals surface area contributed by atoms with Crippen molar-refractivity contribution in [3.8, 4) is 5.75 Å². The van der Waals surface area contributed by atoms with E-state index in [-0.39, 0.29) is 11.9 Å². The molecule has 0 saturated carbocycles. The summed E-state index contributed by atoms with van der Waals surface area (Å²) in [5.74, 6) is 0.0447. The average molecular weight is 609 g/mol. The molecule has 6 aromatic rings. The van der Waals surface area contributed by atoms with Gasteiger partial charge in [0.1, 0.15) is 28.9 Å². The lowest BCUT2D eigenvalue weighted by molar-refractivity contribution is -0.134. The van der Waals surface area contributed by atoms with Gasteiger partial charge in [0.15, 0.2) is 0 Å². The summed E-state index contributed by atoms with van der Waals surface area (Å²) in [7, 11) is -1.94. The summed E-state index contributed by atoms with van der Waals surface area (Å²) in [6.45, 7) is 0. The number of unbranched alkanes of at least 4 members (excludes halogenated alkanes) is 1. The van der Waals surface area contributed by atoms with Crippen LogP contribution in [-0.4, -0.2) is 18.0 Å². The van der Waals surface area contributed by atoms with Crippen LogP contribution >= 0.6 is 7.26 Å². The Labute approximate surface area is 265 Å². The summed E-state index contributed by atoms with van der Waals surface area (Å²) in [5.41, 5.74) is 1.25. The number of hydrogen-bond donors (Lipinski definition) is 1. The lowest BCUT2D eigenvalue weighted by Crippen LogP contribution is -2.33. The fourth-order valence-corrected chi connectivity index (χ4v) is 10.3. The fraction of sp³-hybridized carbons (Fsp3) is 0.100. The number of ether oxygens (including phenoxy) is 1. The van der Waals surface area contributed by atoms with Crippen molar-refractivity contribution in [2.45, 2.75) is 19.3 Å². The van der Waals surface area contributed by atoms with Gasteiger partial charge in [0.05, 0.1) is 6.16 Å². The van der Waals surface area contributed by atoms with E-state index in [4.69, 9.17) is 4.74 Å². The number of fused-ring (bicyclic) bond motifs is 1. The first kappa shape index (κ1) is 30.0. The second-order valence-corrected chi connectivity index (χ2v) is 14.6. The molecule has 0 saturated heterocycles. The van der Waals surface area contributed by atoms with Crippen LogP contribution < -0.4 is 26.0 Å². The fourth-order valence-electron chi connectivity index (χ4n) is 5.93. The molecule has 4 nitrogen and oxygen atoms in total. The molecule has 5 heteroatoms. The standard InChI is InChI=1S/C40H34NO3P/c42-39(44-38-29-28-37(35-25-13-14-26-36(35)38)41-40(43)31-17-5-1-6-18-31)27-15-16-30-45(32-19-7-2-8-20-32,33-21-9-3-10-22-33)34-23-11-4-12-24-34/h1-14,17-26,28-29H,15-16,27,30H2/p+1. The molecule has 0 bridgehead atoms. The SMILES string of the molecule is O=C(CCCC[P+](c1ccccc1)(c1ccccc1)c1ccccc1)Oc1ccc(NC(=O)c2ccccc2)c2ccccc12. The molecule has 0 aromatic heterocycles. The predicted molar refractivity (Wildman–Crippen MR) is 188 cm³/mol. The minimum absolute atomic E-state index is 0.189. The van der Waals surface area contributed by atoms with Gasteiger partial charge < -0.3 is 10.1 Å². The van der Waals surface area contributed by atoms with Gasteiger partial charge in [-0.2, -0.15) is 0 Å². The van der Waals surface area contributed by atoms with Crippen molar-refractivity contribution in [2.75, 3.05) is 11.5 Å². The van der Waals surface area contributed by atoms with Crippen molar-refractivity contribution < 1.29 is 14.3 Å². The van der Waals surface area contributed by atoms with Crippen molar-refractivity contribution in [1.82, 2.24) is 0 Å².